The predicted octanol–water partition coefficient (Wildman–Crippen LogP) is 1.23. The molecule has 0 heterocycles. The van der Waals surface area contributed by atoms with Crippen LogP contribution in [0.1, 0.15) is 18.4 Å². The zero-order chi connectivity index (χ0) is 15.0. The molecule has 0 radical (unpaired) electrons. The monoisotopic (exact) mass is 281 g/mol. The molecule has 6 nitrogen and oxygen atoms in total. The lowest BCUT2D eigenvalue weighted by Gasteiger charge is -2.09. The van der Waals surface area contributed by atoms with E-state index in [1.54, 1.807) is 20.3 Å². The number of aryl methyl sites for hydroxylation is 1. The standard InChI is InChI=1S/C14H19NO5/c1-19-11-5-3-10(9-12(11)20-2)4-6-13(16)15-8-7-14(17)18/h3,5,9H,4,6-8H2,1-2H3,(H,15,16)(H,17,18). The van der Waals surface area contributed by atoms with Gasteiger partial charge in [0.05, 0.1) is 20.6 Å². The lowest BCUT2D eigenvalue weighted by Crippen LogP contribution is -2.26. The van der Waals surface area contributed by atoms with E-state index in [0.29, 0.717) is 24.3 Å². The molecule has 0 spiro atoms. The molecule has 0 aliphatic carbocycles. The van der Waals surface area contributed by atoms with Gasteiger partial charge in [0, 0.05) is 13.0 Å². The van der Waals surface area contributed by atoms with E-state index in [-0.39, 0.29) is 18.9 Å². The van der Waals surface area contributed by atoms with Gasteiger partial charge in [-0.2, -0.15) is 0 Å². The van der Waals surface area contributed by atoms with Crippen LogP contribution >= 0.6 is 0 Å². The molecule has 1 rings (SSSR count). The summed E-state index contributed by atoms with van der Waals surface area (Å²) in [7, 11) is 3.12. The fourth-order valence-corrected chi connectivity index (χ4v) is 1.69. The summed E-state index contributed by atoms with van der Waals surface area (Å²) in [5.41, 5.74) is 0.955. The molecule has 0 atom stereocenters. The minimum atomic E-state index is -0.926. The maximum atomic E-state index is 11.5. The molecule has 0 aliphatic rings. The number of carbonyl (C=O) groups is 2. The van der Waals surface area contributed by atoms with Gasteiger partial charge in [0.25, 0.3) is 0 Å². The lowest BCUT2D eigenvalue weighted by atomic mass is 10.1. The third kappa shape index (κ3) is 5.17. The Morgan fingerprint density at radius 2 is 1.85 bits per heavy atom. The zero-order valence-electron chi connectivity index (χ0n) is 11.6. The van der Waals surface area contributed by atoms with Crippen LogP contribution in [0.5, 0.6) is 11.5 Å². The smallest absolute Gasteiger partial charge is 0.305 e. The summed E-state index contributed by atoms with van der Waals surface area (Å²) in [6, 6.07) is 5.48. The van der Waals surface area contributed by atoms with Crippen molar-refractivity contribution < 1.29 is 24.2 Å². The summed E-state index contributed by atoms with van der Waals surface area (Å²) in [5, 5.41) is 11.0. The Labute approximate surface area is 117 Å². The normalized spacial score (nSPS) is 9.90. The van der Waals surface area contributed by atoms with Gasteiger partial charge in [-0.25, -0.2) is 0 Å². The van der Waals surface area contributed by atoms with Crippen molar-refractivity contribution in [3.8, 4) is 11.5 Å². The number of methoxy groups -OCH3 is 2. The lowest BCUT2D eigenvalue weighted by molar-refractivity contribution is -0.136. The molecule has 0 aromatic heterocycles. The molecule has 6 heteroatoms. The number of carboxylic acids is 1. The molecular weight excluding hydrogens is 262 g/mol. The SMILES string of the molecule is COc1ccc(CCC(=O)NCCC(=O)O)cc1OC. The number of ether oxygens (including phenoxy) is 2. The predicted molar refractivity (Wildman–Crippen MR) is 73.1 cm³/mol. The van der Waals surface area contributed by atoms with E-state index in [4.69, 9.17) is 14.6 Å². The molecule has 20 heavy (non-hydrogen) atoms. The van der Waals surface area contributed by atoms with Crippen LogP contribution in [0.15, 0.2) is 18.2 Å². The van der Waals surface area contributed by atoms with E-state index in [9.17, 15) is 9.59 Å². The van der Waals surface area contributed by atoms with Crippen LogP contribution in [0.2, 0.25) is 0 Å². The summed E-state index contributed by atoms with van der Waals surface area (Å²) in [6.45, 7) is 0.153. The van der Waals surface area contributed by atoms with Gasteiger partial charge in [-0.05, 0) is 24.1 Å². The Balaban J connectivity index is 2.45. The van der Waals surface area contributed by atoms with Crippen molar-refractivity contribution in [3.05, 3.63) is 23.8 Å². The summed E-state index contributed by atoms with van der Waals surface area (Å²) in [4.78, 5) is 21.8. The number of rotatable bonds is 8. The molecule has 1 amide bonds. The molecule has 0 unspecified atom stereocenters. The quantitative estimate of drug-likeness (QED) is 0.748. The van der Waals surface area contributed by atoms with Gasteiger partial charge in [0.2, 0.25) is 5.91 Å². The minimum absolute atomic E-state index is 0.0674. The van der Waals surface area contributed by atoms with Gasteiger partial charge >= 0.3 is 5.97 Å². The van der Waals surface area contributed by atoms with Crippen LogP contribution in [0.4, 0.5) is 0 Å². The minimum Gasteiger partial charge on any atom is -0.493 e. The highest BCUT2D eigenvalue weighted by Crippen LogP contribution is 2.27. The Morgan fingerprint density at radius 1 is 1.15 bits per heavy atom. The van der Waals surface area contributed by atoms with Gasteiger partial charge in [-0.3, -0.25) is 9.59 Å². The van der Waals surface area contributed by atoms with Crippen LogP contribution in [0.25, 0.3) is 0 Å². The van der Waals surface area contributed by atoms with Gasteiger partial charge in [-0.15, -0.1) is 0 Å². The van der Waals surface area contributed by atoms with Gasteiger partial charge < -0.3 is 19.9 Å². The molecule has 0 saturated carbocycles. The fourth-order valence-electron chi connectivity index (χ4n) is 1.69. The van der Waals surface area contributed by atoms with Gasteiger partial charge in [0.15, 0.2) is 11.5 Å². The van der Waals surface area contributed by atoms with E-state index >= 15 is 0 Å². The first kappa shape index (κ1) is 15.8. The zero-order valence-corrected chi connectivity index (χ0v) is 11.6. The van der Waals surface area contributed by atoms with E-state index in [2.05, 4.69) is 5.32 Å². The maximum absolute atomic E-state index is 11.5. The number of carboxylic acid groups (broad SMARTS) is 1. The number of hydrogen-bond donors (Lipinski definition) is 2. The Morgan fingerprint density at radius 3 is 2.45 bits per heavy atom. The van der Waals surface area contributed by atoms with Crippen molar-refractivity contribution >= 4 is 11.9 Å². The molecule has 0 saturated heterocycles. The Hall–Kier alpha value is -2.24. The van der Waals surface area contributed by atoms with Crippen LogP contribution < -0.4 is 14.8 Å². The number of nitrogens with one attached hydrogen (secondary N) is 1. The first-order valence-corrected chi connectivity index (χ1v) is 6.26. The first-order chi connectivity index (χ1) is 9.56. The number of aliphatic carboxylic acids is 1. The second-order valence-electron chi connectivity index (χ2n) is 4.18. The first-order valence-electron chi connectivity index (χ1n) is 6.26. The average Bonchev–Trinajstić information content (AvgIpc) is 2.44. The largest absolute Gasteiger partial charge is 0.493 e. The van der Waals surface area contributed by atoms with Crippen LogP contribution in [0.3, 0.4) is 0 Å². The van der Waals surface area contributed by atoms with Crippen molar-refractivity contribution in [2.24, 2.45) is 0 Å². The Kier molecular flexibility index (Phi) is 6.36. The molecule has 0 aliphatic heterocycles. The highest BCUT2D eigenvalue weighted by atomic mass is 16.5. The number of carbonyl (C=O) groups excluding carboxylic acids is 1. The highest BCUT2D eigenvalue weighted by Gasteiger charge is 2.07. The second-order valence-corrected chi connectivity index (χ2v) is 4.18. The second kappa shape index (κ2) is 8.04. The van der Waals surface area contributed by atoms with Crippen molar-refractivity contribution in [1.82, 2.24) is 5.32 Å². The number of hydrogen-bond acceptors (Lipinski definition) is 4. The molecule has 0 bridgehead atoms. The summed E-state index contributed by atoms with van der Waals surface area (Å²) in [5.74, 6) is 0.171. The number of benzene rings is 1. The maximum Gasteiger partial charge on any atom is 0.305 e. The van der Waals surface area contributed by atoms with Crippen LogP contribution in [0, 0.1) is 0 Å². The molecule has 110 valence electrons. The van der Waals surface area contributed by atoms with Crippen LogP contribution in [-0.2, 0) is 16.0 Å². The molecule has 1 aromatic carbocycles. The van der Waals surface area contributed by atoms with Crippen molar-refractivity contribution in [2.45, 2.75) is 19.3 Å². The summed E-state index contributed by atoms with van der Waals surface area (Å²) >= 11 is 0. The number of amides is 1. The molecule has 1 aromatic rings. The summed E-state index contributed by atoms with van der Waals surface area (Å²) in [6.07, 6.45) is 0.788. The fraction of sp³-hybridized carbons (Fsp3) is 0.429. The summed E-state index contributed by atoms with van der Waals surface area (Å²) < 4.78 is 10.3. The van der Waals surface area contributed by atoms with Gasteiger partial charge in [-0.1, -0.05) is 6.07 Å². The molecule has 0 fully saturated rings. The Bertz CT molecular complexity index is 473. The molecule has 2 N–H and O–H groups in total. The van der Waals surface area contributed by atoms with E-state index < -0.39 is 5.97 Å². The van der Waals surface area contributed by atoms with Crippen molar-refractivity contribution in [1.29, 1.82) is 0 Å². The van der Waals surface area contributed by atoms with E-state index in [1.807, 2.05) is 12.1 Å². The van der Waals surface area contributed by atoms with E-state index in [0.717, 1.165) is 5.56 Å². The van der Waals surface area contributed by atoms with Crippen LogP contribution in [-0.4, -0.2) is 37.7 Å². The average molecular weight is 281 g/mol. The highest BCUT2D eigenvalue weighted by molar-refractivity contribution is 5.77. The third-order valence-corrected chi connectivity index (χ3v) is 2.75. The third-order valence-electron chi connectivity index (χ3n) is 2.75. The molecular formula is C14H19NO5. The van der Waals surface area contributed by atoms with E-state index in [1.165, 1.54) is 0 Å². The van der Waals surface area contributed by atoms with Crippen molar-refractivity contribution in [3.63, 3.8) is 0 Å². The topological polar surface area (TPSA) is 84.9 Å². The van der Waals surface area contributed by atoms with Gasteiger partial charge in [0.1, 0.15) is 0 Å². The van der Waals surface area contributed by atoms with Crippen molar-refractivity contribution in [2.75, 3.05) is 20.8 Å².